The lowest BCUT2D eigenvalue weighted by molar-refractivity contribution is 0.0928. The van der Waals surface area contributed by atoms with Crippen molar-refractivity contribution in [1.82, 2.24) is 20.1 Å². The average molecular weight is 313 g/mol. The molecule has 3 N–H and O–H groups in total. The predicted molar refractivity (Wildman–Crippen MR) is 88.4 cm³/mol. The molecule has 2 unspecified atom stereocenters. The summed E-state index contributed by atoms with van der Waals surface area (Å²) in [7, 11) is 0. The molecule has 23 heavy (non-hydrogen) atoms. The van der Waals surface area contributed by atoms with E-state index in [4.69, 9.17) is 5.73 Å². The first kappa shape index (κ1) is 15.7. The number of carbonyl (C=O) groups is 1. The Morgan fingerprint density at radius 3 is 3.00 bits per heavy atom. The molecule has 0 aromatic carbocycles. The van der Waals surface area contributed by atoms with E-state index in [0.29, 0.717) is 24.4 Å². The van der Waals surface area contributed by atoms with Crippen molar-refractivity contribution in [1.29, 1.82) is 0 Å². The van der Waals surface area contributed by atoms with Gasteiger partial charge >= 0.3 is 0 Å². The van der Waals surface area contributed by atoms with Crippen molar-refractivity contribution in [2.24, 2.45) is 11.7 Å². The van der Waals surface area contributed by atoms with E-state index >= 15 is 0 Å². The Kier molecular flexibility index (Phi) is 4.71. The van der Waals surface area contributed by atoms with Gasteiger partial charge in [0.05, 0.1) is 17.5 Å². The van der Waals surface area contributed by atoms with Gasteiger partial charge in [-0.25, -0.2) is 9.67 Å². The van der Waals surface area contributed by atoms with Crippen LogP contribution in [0.5, 0.6) is 0 Å². The van der Waals surface area contributed by atoms with Crippen LogP contribution >= 0.6 is 0 Å². The molecule has 2 aromatic heterocycles. The number of nitrogens with one attached hydrogen (secondary N) is 1. The quantitative estimate of drug-likeness (QED) is 0.879. The minimum Gasteiger partial charge on any atom is -0.349 e. The van der Waals surface area contributed by atoms with Crippen LogP contribution in [0.25, 0.3) is 5.82 Å². The monoisotopic (exact) mass is 313 g/mol. The van der Waals surface area contributed by atoms with Gasteiger partial charge in [0.1, 0.15) is 0 Å². The Labute approximate surface area is 136 Å². The SMILES string of the molecule is CCc1c(C(=O)NC2CCCC2CN)cnn1-c1ccccn1. The molecule has 2 aromatic rings. The lowest BCUT2D eigenvalue weighted by atomic mass is 10.0. The van der Waals surface area contributed by atoms with E-state index in [-0.39, 0.29) is 11.9 Å². The topological polar surface area (TPSA) is 85.8 Å². The first-order valence-electron chi connectivity index (χ1n) is 8.23. The van der Waals surface area contributed by atoms with Gasteiger partial charge < -0.3 is 11.1 Å². The van der Waals surface area contributed by atoms with Crippen LogP contribution in [0, 0.1) is 5.92 Å². The van der Waals surface area contributed by atoms with Gasteiger partial charge in [0.2, 0.25) is 0 Å². The number of hydrogen-bond acceptors (Lipinski definition) is 4. The van der Waals surface area contributed by atoms with Crippen LogP contribution in [-0.4, -0.2) is 33.3 Å². The smallest absolute Gasteiger partial charge is 0.255 e. The first-order valence-corrected chi connectivity index (χ1v) is 8.23. The molecular weight excluding hydrogens is 290 g/mol. The van der Waals surface area contributed by atoms with E-state index in [0.717, 1.165) is 30.8 Å². The summed E-state index contributed by atoms with van der Waals surface area (Å²) in [6.07, 6.45) is 7.29. The molecule has 122 valence electrons. The zero-order valence-corrected chi connectivity index (χ0v) is 13.4. The number of rotatable bonds is 5. The van der Waals surface area contributed by atoms with Crippen molar-refractivity contribution in [3.63, 3.8) is 0 Å². The van der Waals surface area contributed by atoms with E-state index in [1.165, 1.54) is 0 Å². The third-order valence-electron chi connectivity index (χ3n) is 4.59. The van der Waals surface area contributed by atoms with Crippen LogP contribution in [0.1, 0.15) is 42.2 Å². The molecule has 2 heterocycles. The third kappa shape index (κ3) is 3.12. The molecule has 0 spiro atoms. The highest BCUT2D eigenvalue weighted by molar-refractivity contribution is 5.95. The summed E-state index contributed by atoms with van der Waals surface area (Å²) >= 11 is 0. The lowest BCUT2D eigenvalue weighted by Gasteiger charge is -2.19. The summed E-state index contributed by atoms with van der Waals surface area (Å²) in [5.41, 5.74) is 7.30. The van der Waals surface area contributed by atoms with Crippen LogP contribution in [0.2, 0.25) is 0 Å². The summed E-state index contributed by atoms with van der Waals surface area (Å²) < 4.78 is 1.74. The van der Waals surface area contributed by atoms with Gasteiger partial charge in [-0.3, -0.25) is 4.79 Å². The molecule has 3 rings (SSSR count). The number of amides is 1. The molecule has 1 aliphatic rings. The average Bonchev–Trinajstić information content (AvgIpc) is 3.21. The molecule has 1 saturated carbocycles. The van der Waals surface area contributed by atoms with Gasteiger partial charge in [-0.15, -0.1) is 0 Å². The van der Waals surface area contributed by atoms with Crippen molar-refractivity contribution in [3.05, 3.63) is 41.9 Å². The van der Waals surface area contributed by atoms with Gasteiger partial charge in [0.15, 0.2) is 5.82 Å². The Balaban J connectivity index is 1.83. The van der Waals surface area contributed by atoms with Gasteiger partial charge in [-0.1, -0.05) is 19.4 Å². The van der Waals surface area contributed by atoms with Gasteiger partial charge in [0, 0.05) is 12.2 Å². The molecule has 1 amide bonds. The maximum atomic E-state index is 12.7. The number of hydrogen-bond donors (Lipinski definition) is 2. The van der Waals surface area contributed by atoms with E-state index in [1.54, 1.807) is 17.1 Å². The van der Waals surface area contributed by atoms with Crippen molar-refractivity contribution < 1.29 is 4.79 Å². The molecule has 0 bridgehead atoms. The van der Waals surface area contributed by atoms with E-state index in [9.17, 15) is 4.79 Å². The molecule has 0 aliphatic heterocycles. The molecule has 6 heteroatoms. The maximum Gasteiger partial charge on any atom is 0.255 e. The summed E-state index contributed by atoms with van der Waals surface area (Å²) in [5, 5.41) is 7.50. The highest BCUT2D eigenvalue weighted by atomic mass is 16.1. The minimum absolute atomic E-state index is 0.0608. The second-order valence-corrected chi connectivity index (χ2v) is 5.96. The van der Waals surface area contributed by atoms with Crippen LogP contribution in [-0.2, 0) is 6.42 Å². The second-order valence-electron chi connectivity index (χ2n) is 5.96. The van der Waals surface area contributed by atoms with Gasteiger partial charge in [0.25, 0.3) is 5.91 Å². The lowest BCUT2D eigenvalue weighted by Crippen LogP contribution is -2.40. The van der Waals surface area contributed by atoms with Crippen molar-refractivity contribution in [2.45, 2.75) is 38.6 Å². The zero-order valence-electron chi connectivity index (χ0n) is 13.4. The molecular formula is C17H23N5O. The van der Waals surface area contributed by atoms with Crippen molar-refractivity contribution >= 4 is 5.91 Å². The van der Waals surface area contributed by atoms with Crippen molar-refractivity contribution in [2.75, 3.05) is 6.54 Å². The zero-order chi connectivity index (χ0) is 16.2. The van der Waals surface area contributed by atoms with E-state index < -0.39 is 0 Å². The van der Waals surface area contributed by atoms with Gasteiger partial charge in [-0.2, -0.15) is 5.10 Å². The van der Waals surface area contributed by atoms with Gasteiger partial charge in [-0.05, 0) is 43.9 Å². The third-order valence-corrected chi connectivity index (χ3v) is 4.59. The largest absolute Gasteiger partial charge is 0.349 e. The Bertz CT molecular complexity index is 667. The normalized spacial score (nSPS) is 20.6. The Hall–Kier alpha value is -2.21. The second kappa shape index (κ2) is 6.91. The van der Waals surface area contributed by atoms with Crippen LogP contribution in [0.3, 0.4) is 0 Å². The molecule has 1 fully saturated rings. The summed E-state index contributed by atoms with van der Waals surface area (Å²) in [4.78, 5) is 17.0. The highest BCUT2D eigenvalue weighted by Gasteiger charge is 2.29. The highest BCUT2D eigenvalue weighted by Crippen LogP contribution is 2.25. The summed E-state index contributed by atoms with van der Waals surface area (Å²) in [5.74, 6) is 1.05. The fourth-order valence-electron chi connectivity index (χ4n) is 3.34. The molecule has 1 aliphatic carbocycles. The number of nitrogens with zero attached hydrogens (tertiary/aromatic N) is 3. The molecule has 2 atom stereocenters. The number of aromatic nitrogens is 3. The fraction of sp³-hybridized carbons (Fsp3) is 0.471. The molecule has 6 nitrogen and oxygen atoms in total. The summed E-state index contributed by atoms with van der Waals surface area (Å²) in [6, 6.07) is 5.83. The Morgan fingerprint density at radius 1 is 1.43 bits per heavy atom. The maximum absolute atomic E-state index is 12.7. The standard InChI is InChI=1S/C17H23N5O/c1-2-15-13(11-20-22(15)16-8-3-4-9-19-16)17(23)21-14-7-5-6-12(14)10-18/h3-4,8-9,11-12,14H,2,5-7,10,18H2,1H3,(H,21,23). The first-order chi connectivity index (χ1) is 11.2. The van der Waals surface area contributed by atoms with E-state index in [1.807, 2.05) is 25.1 Å². The van der Waals surface area contributed by atoms with Crippen LogP contribution in [0.15, 0.2) is 30.6 Å². The van der Waals surface area contributed by atoms with E-state index in [2.05, 4.69) is 15.4 Å². The van der Waals surface area contributed by atoms with Crippen LogP contribution < -0.4 is 11.1 Å². The molecule has 0 radical (unpaired) electrons. The predicted octanol–water partition coefficient (Wildman–Crippen LogP) is 1.69. The summed E-state index contributed by atoms with van der Waals surface area (Å²) in [6.45, 7) is 2.64. The van der Waals surface area contributed by atoms with Crippen molar-refractivity contribution in [3.8, 4) is 5.82 Å². The number of nitrogens with two attached hydrogens (primary N) is 1. The molecule has 0 saturated heterocycles. The number of carbonyl (C=O) groups excluding carboxylic acids is 1. The fourth-order valence-corrected chi connectivity index (χ4v) is 3.34. The Morgan fingerprint density at radius 2 is 2.30 bits per heavy atom. The minimum atomic E-state index is -0.0608. The number of pyridine rings is 1. The van der Waals surface area contributed by atoms with Crippen LogP contribution in [0.4, 0.5) is 0 Å².